The lowest BCUT2D eigenvalue weighted by Crippen LogP contribution is -2.26. The van der Waals surface area contributed by atoms with E-state index >= 15 is 0 Å². The number of hydrogen-bond acceptors (Lipinski definition) is 7. The molecule has 6 nitrogen and oxygen atoms in total. The molecule has 0 radical (unpaired) electrons. The molecule has 0 bridgehead atoms. The quantitative estimate of drug-likeness (QED) is 0.483. The average Bonchev–Trinajstić information content (AvgIpc) is 2.79. The van der Waals surface area contributed by atoms with Gasteiger partial charge < -0.3 is 9.80 Å². The van der Waals surface area contributed by atoms with Gasteiger partial charge in [-0.05, 0) is 6.42 Å². The molecule has 0 aromatic rings. The molecular weight excluding hydrogens is 422 g/mol. The number of halogens is 6. The Labute approximate surface area is 144 Å². The lowest BCUT2D eigenvalue weighted by molar-refractivity contribution is -0.0414. The van der Waals surface area contributed by atoms with Gasteiger partial charge in [0.25, 0.3) is 0 Å². The van der Waals surface area contributed by atoms with Crippen molar-refractivity contribution in [2.45, 2.75) is 30.8 Å². The van der Waals surface area contributed by atoms with Crippen LogP contribution >= 0.6 is 9.83 Å². The summed E-state index contributed by atoms with van der Waals surface area (Å²) in [5.41, 5.74) is -12.1. The topological polar surface area (TPSA) is 74.8 Å². The van der Waals surface area contributed by atoms with Gasteiger partial charge in [0.1, 0.15) is 9.83 Å². The summed E-state index contributed by atoms with van der Waals surface area (Å²) in [7, 11) is -12.9. The van der Waals surface area contributed by atoms with Crippen LogP contribution in [0.15, 0.2) is 12.4 Å². The molecule has 15 heteroatoms. The van der Waals surface area contributed by atoms with Crippen molar-refractivity contribution in [1.29, 1.82) is 0 Å². The van der Waals surface area contributed by atoms with Crippen LogP contribution < -0.4 is 0 Å². The second kappa shape index (κ2) is 8.70. The maximum absolute atomic E-state index is 11.5. The Balaban J connectivity index is 0.000000496. The zero-order valence-electron chi connectivity index (χ0n) is 13.0. The molecule has 1 aliphatic heterocycles. The van der Waals surface area contributed by atoms with E-state index in [0.29, 0.717) is 0 Å². The average molecular weight is 438 g/mol. The zero-order valence-corrected chi connectivity index (χ0v) is 15.5. The molecule has 0 amide bonds. The standard InChI is InChI=1S/C8H16N2.C2F6O4S3/c1-3-4-5-10-7-6-9(2)8-10;3-1(4,5)14(9,10)13-15(11,12)2(6,7)8/h6-7H,3-5,8H2,1-2H3;. The Morgan fingerprint density at radius 1 is 0.960 bits per heavy atom. The fraction of sp³-hybridized carbons (Fsp3) is 0.800. The van der Waals surface area contributed by atoms with Gasteiger partial charge in [-0.25, -0.2) is 16.8 Å². The van der Waals surface area contributed by atoms with Crippen LogP contribution in [0.25, 0.3) is 0 Å². The van der Waals surface area contributed by atoms with Crippen LogP contribution in [-0.2, 0) is 17.7 Å². The first-order valence-electron chi connectivity index (χ1n) is 6.49. The van der Waals surface area contributed by atoms with Crippen molar-refractivity contribution in [3.05, 3.63) is 12.4 Å². The van der Waals surface area contributed by atoms with E-state index in [-0.39, 0.29) is 0 Å². The monoisotopic (exact) mass is 438 g/mol. The van der Waals surface area contributed by atoms with Crippen molar-refractivity contribution < 1.29 is 43.2 Å². The van der Waals surface area contributed by atoms with Crippen LogP contribution in [-0.4, -0.2) is 57.9 Å². The molecule has 0 fully saturated rings. The van der Waals surface area contributed by atoms with Gasteiger partial charge in [0.2, 0.25) is 0 Å². The van der Waals surface area contributed by atoms with E-state index in [0.717, 1.165) is 6.67 Å². The predicted molar refractivity (Wildman–Crippen MR) is 80.9 cm³/mol. The summed E-state index contributed by atoms with van der Waals surface area (Å²) in [5.74, 6) is 0. The molecule has 0 N–H and O–H groups in total. The van der Waals surface area contributed by atoms with E-state index < -0.39 is 38.6 Å². The summed E-state index contributed by atoms with van der Waals surface area (Å²) in [6, 6.07) is 0. The predicted octanol–water partition coefficient (Wildman–Crippen LogP) is 2.88. The molecule has 1 rings (SSSR count). The van der Waals surface area contributed by atoms with Crippen molar-refractivity contribution in [3.63, 3.8) is 0 Å². The molecule has 0 saturated carbocycles. The van der Waals surface area contributed by atoms with Crippen molar-refractivity contribution >= 4 is 27.6 Å². The van der Waals surface area contributed by atoms with Gasteiger partial charge >= 0.3 is 28.8 Å². The first-order valence-corrected chi connectivity index (χ1v) is 11.3. The number of rotatable bonds is 5. The molecule has 0 atom stereocenters. The van der Waals surface area contributed by atoms with Crippen molar-refractivity contribution in [3.8, 4) is 0 Å². The van der Waals surface area contributed by atoms with Gasteiger partial charge in [-0.2, -0.15) is 26.3 Å². The highest BCUT2D eigenvalue weighted by atomic mass is 33.5. The van der Waals surface area contributed by atoms with Crippen LogP contribution in [0.3, 0.4) is 0 Å². The Bertz CT molecular complexity index is 615. The highest BCUT2D eigenvalue weighted by molar-refractivity contribution is 9.04. The molecule has 0 spiro atoms. The molecule has 150 valence electrons. The largest absolute Gasteiger partial charge is 0.508 e. The summed E-state index contributed by atoms with van der Waals surface area (Å²) in [4.78, 5) is 4.53. The minimum atomic E-state index is -6.43. The Morgan fingerprint density at radius 2 is 1.40 bits per heavy atom. The lowest BCUT2D eigenvalue weighted by Gasteiger charge is -2.17. The molecule has 25 heavy (non-hydrogen) atoms. The highest BCUT2D eigenvalue weighted by Gasteiger charge is 2.56. The Morgan fingerprint density at radius 3 is 1.68 bits per heavy atom. The first-order chi connectivity index (χ1) is 11.0. The number of hydrogen-bond donors (Lipinski definition) is 0. The van der Waals surface area contributed by atoms with Gasteiger partial charge in [-0.3, -0.25) is 0 Å². The SMILES string of the molecule is CCCCN1C=CN(C)C1.O=S(=O)(SS(=O)(=O)C(F)(F)F)C(F)(F)F. The van der Waals surface area contributed by atoms with Crippen molar-refractivity contribution in [2.75, 3.05) is 20.3 Å². The number of alkyl halides is 6. The van der Waals surface area contributed by atoms with E-state index in [1.807, 2.05) is 0 Å². The maximum atomic E-state index is 11.5. The van der Waals surface area contributed by atoms with E-state index in [9.17, 15) is 43.2 Å². The number of unbranched alkanes of at least 4 members (excludes halogenated alkanes) is 1. The van der Waals surface area contributed by atoms with Crippen LogP contribution in [0, 0.1) is 0 Å². The Kier molecular flexibility index (Phi) is 8.42. The van der Waals surface area contributed by atoms with Crippen LogP contribution in [0.4, 0.5) is 26.3 Å². The second-order valence-corrected chi connectivity index (χ2v) is 11.9. The van der Waals surface area contributed by atoms with Crippen LogP contribution in [0.1, 0.15) is 19.8 Å². The third kappa shape index (κ3) is 7.94. The molecule has 0 aromatic carbocycles. The van der Waals surface area contributed by atoms with Crippen molar-refractivity contribution in [1.82, 2.24) is 9.80 Å². The van der Waals surface area contributed by atoms with Gasteiger partial charge in [0.15, 0.2) is 0 Å². The van der Waals surface area contributed by atoms with Gasteiger partial charge in [0, 0.05) is 26.0 Å². The van der Waals surface area contributed by atoms with Crippen LogP contribution in [0.5, 0.6) is 0 Å². The lowest BCUT2D eigenvalue weighted by atomic mass is 10.3. The first kappa shape index (κ1) is 24.2. The van der Waals surface area contributed by atoms with Crippen LogP contribution in [0.2, 0.25) is 0 Å². The summed E-state index contributed by atoms with van der Waals surface area (Å²) in [6.07, 6.45) is 6.87. The number of nitrogens with zero attached hydrogens (tertiary/aromatic N) is 2. The normalized spacial score (nSPS) is 16.0. The van der Waals surface area contributed by atoms with Gasteiger partial charge in [0.05, 0.1) is 6.67 Å². The third-order valence-electron chi connectivity index (χ3n) is 2.48. The maximum Gasteiger partial charge on any atom is 0.508 e. The minimum Gasteiger partial charge on any atom is -0.362 e. The highest BCUT2D eigenvalue weighted by Crippen LogP contribution is 2.42. The fourth-order valence-corrected chi connectivity index (χ4v) is 6.36. The molecule has 0 unspecified atom stereocenters. The van der Waals surface area contributed by atoms with E-state index in [2.05, 4.69) is 36.2 Å². The zero-order chi connectivity index (χ0) is 20.1. The molecule has 0 saturated heterocycles. The summed E-state index contributed by atoms with van der Waals surface area (Å²) < 4.78 is 109. The minimum absolute atomic E-state index is 1.07. The van der Waals surface area contributed by atoms with E-state index in [1.54, 1.807) is 0 Å². The summed E-state index contributed by atoms with van der Waals surface area (Å²) in [5, 5.41) is 0. The second-order valence-electron chi connectivity index (χ2n) is 4.73. The Hall–Kier alpha value is -0.830. The fourth-order valence-electron chi connectivity index (χ4n) is 1.29. The smallest absolute Gasteiger partial charge is 0.362 e. The van der Waals surface area contributed by atoms with Crippen molar-refractivity contribution in [2.24, 2.45) is 0 Å². The summed E-state index contributed by atoms with van der Waals surface area (Å²) >= 11 is 0. The van der Waals surface area contributed by atoms with Gasteiger partial charge in [-0.15, -0.1) is 0 Å². The van der Waals surface area contributed by atoms with E-state index in [1.165, 1.54) is 19.4 Å². The molecule has 0 aliphatic carbocycles. The van der Waals surface area contributed by atoms with E-state index in [4.69, 9.17) is 0 Å². The van der Waals surface area contributed by atoms with Gasteiger partial charge in [-0.1, -0.05) is 13.3 Å². The third-order valence-corrected chi connectivity index (χ3v) is 9.41. The molecular formula is C10H16F6N2O4S3. The molecule has 1 heterocycles. The summed E-state index contributed by atoms with van der Waals surface area (Å²) in [6.45, 7) is 4.50. The molecule has 0 aromatic heterocycles. The molecule has 1 aliphatic rings.